The van der Waals surface area contributed by atoms with E-state index in [1.165, 1.54) is 29.8 Å². The van der Waals surface area contributed by atoms with Gasteiger partial charge in [-0.2, -0.15) is 0 Å². The number of rotatable bonds is 6. The van der Waals surface area contributed by atoms with E-state index < -0.39 is 23.8 Å². The molecule has 2 bridgehead atoms. The SMILES string of the molecule is CC(C)=CC[N+]12CCC(CC1)[C@@H](NC(=O)OC(c1cccc(F)c1)c1cccc(F)c1)C2. The Morgan fingerprint density at radius 1 is 1.09 bits per heavy atom. The van der Waals surface area contributed by atoms with E-state index in [2.05, 4.69) is 25.2 Å². The third-order valence-electron chi connectivity index (χ3n) is 6.82. The number of carbonyl (C=O) groups excluding carboxylic acids is 1. The van der Waals surface area contributed by atoms with Crippen LogP contribution in [0.5, 0.6) is 0 Å². The van der Waals surface area contributed by atoms with E-state index >= 15 is 0 Å². The molecule has 1 amide bonds. The summed E-state index contributed by atoms with van der Waals surface area (Å²) in [5.41, 5.74) is 2.24. The molecule has 4 nitrogen and oxygen atoms in total. The number of benzene rings is 2. The van der Waals surface area contributed by atoms with E-state index in [4.69, 9.17) is 4.74 Å². The summed E-state index contributed by atoms with van der Waals surface area (Å²) >= 11 is 0. The summed E-state index contributed by atoms with van der Waals surface area (Å²) in [4.78, 5) is 12.9. The molecule has 0 radical (unpaired) electrons. The van der Waals surface area contributed by atoms with Crippen LogP contribution in [0.1, 0.15) is 43.9 Å². The third kappa shape index (κ3) is 5.18. The van der Waals surface area contributed by atoms with Crippen molar-refractivity contribution >= 4 is 6.09 Å². The molecule has 3 saturated heterocycles. The van der Waals surface area contributed by atoms with E-state index in [1.54, 1.807) is 24.3 Å². The molecular formula is C26H31F2N2O2+. The normalized spacial score (nSPS) is 24.3. The fraction of sp³-hybridized carbons (Fsp3) is 0.423. The van der Waals surface area contributed by atoms with E-state index in [-0.39, 0.29) is 6.04 Å². The van der Waals surface area contributed by atoms with Crippen LogP contribution in [-0.2, 0) is 4.74 Å². The van der Waals surface area contributed by atoms with E-state index in [0.29, 0.717) is 17.0 Å². The van der Waals surface area contributed by atoms with Crippen LogP contribution in [0.4, 0.5) is 13.6 Å². The number of piperidine rings is 3. The highest BCUT2D eigenvalue weighted by molar-refractivity contribution is 5.68. The second-order valence-corrected chi connectivity index (χ2v) is 9.42. The first-order valence-corrected chi connectivity index (χ1v) is 11.3. The number of alkyl carbamates (subject to hydrolysis) is 1. The van der Waals surface area contributed by atoms with Crippen LogP contribution in [0, 0.1) is 17.6 Å². The Morgan fingerprint density at radius 3 is 2.22 bits per heavy atom. The van der Waals surface area contributed by atoms with Crippen molar-refractivity contribution in [3.8, 4) is 0 Å². The summed E-state index contributed by atoms with van der Waals surface area (Å²) in [5.74, 6) is -0.428. The summed E-state index contributed by atoms with van der Waals surface area (Å²) in [6, 6.07) is 11.8. The molecule has 0 aromatic heterocycles. The summed E-state index contributed by atoms with van der Waals surface area (Å²) < 4.78 is 34.5. The van der Waals surface area contributed by atoms with Crippen LogP contribution < -0.4 is 5.32 Å². The Bertz CT molecular complexity index is 949. The molecule has 0 unspecified atom stereocenters. The van der Waals surface area contributed by atoms with Gasteiger partial charge in [0.15, 0.2) is 6.10 Å². The zero-order valence-electron chi connectivity index (χ0n) is 18.7. The first-order chi connectivity index (χ1) is 15.3. The number of allylic oxidation sites excluding steroid dienone is 1. The van der Waals surface area contributed by atoms with Gasteiger partial charge in [-0.05, 0) is 61.2 Å². The number of hydrogen-bond donors (Lipinski definition) is 1. The molecule has 1 N–H and O–H groups in total. The lowest BCUT2D eigenvalue weighted by atomic mass is 9.81. The maximum atomic E-state index is 13.9. The van der Waals surface area contributed by atoms with Crippen LogP contribution in [0.3, 0.4) is 0 Å². The van der Waals surface area contributed by atoms with Gasteiger partial charge in [0.25, 0.3) is 0 Å². The minimum atomic E-state index is -0.892. The molecule has 0 spiro atoms. The number of quaternary nitrogens is 1. The second kappa shape index (κ2) is 9.41. The average Bonchev–Trinajstić information content (AvgIpc) is 2.77. The van der Waals surface area contributed by atoms with Crippen molar-refractivity contribution in [2.45, 2.75) is 38.8 Å². The van der Waals surface area contributed by atoms with Gasteiger partial charge in [0.2, 0.25) is 0 Å². The molecule has 3 aliphatic rings. The van der Waals surface area contributed by atoms with E-state index in [0.717, 1.165) is 43.5 Å². The summed E-state index contributed by atoms with van der Waals surface area (Å²) in [7, 11) is 0. The Balaban J connectivity index is 1.50. The Labute approximate surface area is 188 Å². The molecule has 170 valence electrons. The molecule has 6 heteroatoms. The lowest BCUT2D eigenvalue weighted by Gasteiger charge is -2.52. The Hall–Kier alpha value is -2.73. The van der Waals surface area contributed by atoms with Gasteiger partial charge in [-0.3, -0.25) is 0 Å². The van der Waals surface area contributed by atoms with Gasteiger partial charge in [0, 0.05) is 12.8 Å². The smallest absolute Gasteiger partial charge is 0.408 e. The molecular weight excluding hydrogens is 410 g/mol. The highest BCUT2D eigenvalue weighted by Crippen LogP contribution is 2.34. The molecule has 1 atom stereocenters. The minimum Gasteiger partial charge on any atom is -0.436 e. The topological polar surface area (TPSA) is 38.3 Å². The molecule has 0 aliphatic carbocycles. The Morgan fingerprint density at radius 2 is 1.69 bits per heavy atom. The quantitative estimate of drug-likeness (QED) is 0.484. The Kier molecular flexibility index (Phi) is 6.60. The van der Waals surface area contributed by atoms with Gasteiger partial charge < -0.3 is 14.5 Å². The number of nitrogens with one attached hydrogen (secondary N) is 1. The predicted molar refractivity (Wildman–Crippen MR) is 120 cm³/mol. The zero-order chi connectivity index (χ0) is 22.7. The van der Waals surface area contributed by atoms with Crippen molar-refractivity contribution in [1.82, 2.24) is 5.32 Å². The molecule has 3 aliphatic heterocycles. The van der Waals surface area contributed by atoms with Gasteiger partial charge in [-0.1, -0.05) is 29.8 Å². The molecule has 3 heterocycles. The minimum absolute atomic E-state index is 0.0382. The highest BCUT2D eigenvalue weighted by atomic mass is 19.1. The third-order valence-corrected chi connectivity index (χ3v) is 6.82. The highest BCUT2D eigenvalue weighted by Gasteiger charge is 2.46. The molecule has 32 heavy (non-hydrogen) atoms. The first-order valence-electron chi connectivity index (χ1n) is 11.3. The van der Waals surface area contributed by atoms with Crippen LogP contribution in [-0.4, -0.2) is 42.8 Å². The molecule has 5 rings (SSSR count). The van der Waals surface area contributed by atoms with Crippen molar-refractivity contribution in [1.29, 1.82) is 0 Å². The van der Waals surface area contributed by atoms with Gasteiger partial charge >= 0.3 is 6.09 Å². The lowest BCUT2D eigenvalue weighted by Crippen LogP contribution is -2.67. The average molecular weight is 442 g/mol. The fourth-order valence-corrected chi connectivity index (χ4v) is 5.04. The monoisotopic (exact) mass is 441 g/mol. The van der Waals surface area contributed by atoms with Gasteiger partial charge in [-0.25, -0.2) is 13.6 Å². The number of fused-ring (bicyclic) bond motifs is 3. The van der Waals surface area contributed by atoms with Gasteiger partial charge in [-0.15, -0.1) is 0 Å². The number of ether oxygens (including phenoxy) is 1. The van der Waals surface area contributed by atoms with Crippen molar-refractivity contribution < 1.29 is 22.8 Å². The van der Waals surface area contributed by atoms with Crippen LogP contribution in [0.2, 0.25) is 0 Å². The zero-order valence-corrected chi connectivity index (χ0v) is 18.7. The first kappa shape index (κ1) is 22.5. The van der Waals surface area contributed by atoms with Crippen LogP contribution >= 0.6 is 0 Å². The number of amides is 1. The number of nitrogens with zero attached hydrogens (tertiary/aromatic N) is 1. The standard InChI is InChI=1S/C26H30F2N2O2/c1-18(2)9-12-30-13-10-19(11-14-30)24(17-30)29-26(31)32-25(20-5-3-7-22(27)15-20)21-6-4-8-23(28)16-21/h3-9,15-16,19,24-25H,10-14,17H2,1-2H3/p+1/t19?,24-,30?/m0/s1. The van der Waals surface area contributed by atoms with E-state index in [9.17, 15) is 13.6 Å². The summed E-state index contributed by atoms with van der Waals surface area (Å²) in [6.07, 6.45) is 3.00. The molecule has 2 aromatic rings. The molecule has 2 aromatic carbocycles. The maximum Gasteiger partial charge on any atom is 0.408 e. The van der Waals surface area contributed by atoms with Crippen molar-refractivity contribution in [2.24, 2.45) is 5.92 Å². The van der Waals surface area contributed by atoms with Gasteiger partial charge in [0.05, 0.1) is 32.2 Å². The number of halogens is 2. The summed E-state index contributed by atoms with van der Waals surface area (Å²) in [6.45, 7) is 8.36. The molecule has 3 fully saturated rings. The van der Waals surface area contributed by atoms with Crippen LogP contribution in [0.25, 0.3) is 0 Å². The summed E-state index contributed by atoms with van der Waals surface area (Å²) in [5, 5.41) is 3.08. The van der Waals surface area contributed by atoms with E-state index in [1.807, 2.05) is 0 Å². The second-order valence-electron chi connectivity index (χ2n) is 9.42. The lowest BCUT2D eigenvalue weighted by molar-refractivity contribution is -0.938. The molecule has 0 saturated carbocycles. The maximum absolute atomic E-state index is 13.9. The number of carbonyl (C=O) groups is 1. The largest absolute Gasteiger partial charge is 0.436 e. The van der Waals surface area contributed by atoms with Gasteiger partial charge in [0.1, 0.15) is 11.6 Å². The number of hydrogen-bond acceptors (Lipinski definition) is 2. The fourth-order valence-electron chi connectivity index (χ4n) is 5.04. The van der Waals surface area contributed by atoms with Crippen LogP contribution in [0.15, 0.2) is 60.2 Å². The van der Waals surface area contributed by atoms with Crippen molar-refractivity contribution in [3.63, 3.8) is 0 Å². The predicted octanol–water partition coefficient (Wildman–Crippen LogP) is 5.36. The van der Waals surface area contributed by atoms with Crippen molar-refractivity contribution in [3.05, 3.63) is 82.9 Å². The van der Waals surface area contributed by atoms with Crippen molar-refractivity contribution in [2.75, 3.05) is 26.2 Å².